The maximum Gasteiger partial charge on any atom is 0.354 e. The van der Waals surface area contributed by atoms with Crippen LogP contribution < -0.4 is 0 Å². The molecule has 1 aromatic rings. The van der Waals surface area contributed by atoms with Crippen LogP contribution in [0.5, 0.6) is 0 Å². The number of aromatic carboxylic acids is 1. The minimum Gasteiger partial charge on any atom is -0.477 e. The van der Waals surface area contributed by atoms with Gasteiger partial charge in [0.1, 0.15) is 5.69 Å². The molecule has 0 saturated carbocycles. The van der Waals surface area contributed by atoms with E-state index >= 15 is 0 Å². The van der Waals surface area contributed by atoms with Gasteiger partial charge in [-0.3, -0.25) is 4.90 Å². The van der Waals surface area contributed by atoms with Crippen LogP contribution in [0.3, 0.4) is 0 Å². The molecule has 1 N–H and O–H groups in total. The lowest BCUT2D eigenvalue weighted by Crippen LogP contribution is -2.39. The van der Waals surface area contributed by atoms with E-state index in [9.17, 15) is 4.79 Å². The second kappa shape index (κ2) is 7.86. The van der Waals surface area contributed by atoms with Gasteiger partial charge in [0.25, 0.3) is 0 Å². The Morgan fingerprint density at radius 2 is 2.00 bits per heavy atom. The number of aromatic nitrogens is 1. The van der Waals surface area contributed by atoms with Crippen LogP contribution in [0.1, 0.15) is 35.4 Å². The van der Waals surface area contributed by atoms with Crippen LogP contribution in [-0.4, -0.2) is 71.3 Å². The maximum absolute atomic E-state index is 11.0. The number of carboxylic acids is 1. The van der Waals surface area contributed by atoms with Gasteiger partial charge in [-0.15, -0.1) is 0 Å². The average molecular weight is 319 g/mol. The summed E-state index contributed by atoms with van der Waals surface area (Å²) in [4.78, 5) is 20.1. The van der Waals surface area contributed by atoms with Crippen molar-refractivity contribution in [3.8, 4) is 0 Å². The maximum atomic E-state index is 11.0. The topological polar surface area (TPSA) is 65.9 Å². The van der Waals surface area contributed by atoms with Crippen LogP contribution in [0.25, 0.3) is 0 Å². The number of carboxylic acid groups (broad SMARTS) is 1. The standard InChI is InChI=1S/C17H25N3O3/c21-17(22)16-6-3-5-14(18-16)11-20-9-4-10-23-15(13-20)12-19-7-1-2-8-19/h3,5-6,15H,1-2,4,7-13H2,(H,21,22)/t15-/m1/s1. The molecule has 0 unspecified atom stereocenters. The smallest absolute Gasteiger partial charge is 0.354 e. The Hall–Kier alpha value is -1.50. The first-order chi connectivity index (χ1) is 11.2. The van der Waals surface area contributed by atoms with Crippen molar-refractivity contribution in [3.63, 3.8) is 0 Å². The Bertz CT molecular complexity index is 532. The molecule has 3 rings (SSSR count). The van der Waals surface area contributed by atoms with Crippen LogP contribution in [0, 0.1) is 0 Å². The van der Waals surface area contributed by atoms with Gasteiger partial charge < -0.3 is 14.7 Å². The number of likely N-dealkylation sites (tertiary alicyclic amines) is 1. The van der Waals surface area contributed by atoms with Gasteiger partial charge in [0, 0.05) is 32.8 Å². The predicted molar refractivity (Wildman–Crippen MR) is 86.5 cm³/mol. The lowest BCUT2D eigenvalue weighted by Gasteiger charge is -2.26. The van der Waals surface area contributed by atoms with Crippen molar-refractivity contribution in [2.75, 3.05) is 39.3 Å². The highest BCUT2D eigenvalue weighted by Crippen LogP contribution is 2.14. The second-order valence-electron chi connectivity index (χ2n) is 6.41. The SMILES string of the molecule is O=C(O)c1cccc(CN2CCCO[C@H](CN3CCCC3)C2)n1. The first-order valence-corrected chi connectivity index (χ1v) is 8.46. The fraction of sp³-hybridized carbons (Fsp3) is 0.647. The first-order valence-electron chi connectivity index (χ1n) is 8.46. The van der Waals surface area contributed by atoms with Gasteiger partial charge in [0.05, 0.1) is 11.8 Å². The summed E-state index contributed by atoms with van der Waals surface area (Å²) in [7, 11) is 0. The molecule has 3 heterocycles. The first kappa shape index (κ1) is 16.4. The highest BCUT2D eigenvalue weighted by atomic mass is 16.5. The molecule has 0 radical (unpaired) electrons. The predicted octanol–water partition coefficient (Wildman–Crippen LogP) is 1.47. The van der Waals surface area contributed by atoms with Crippen molar-refractivity contribution < 1.29 is 14.6 Å². The monoisotopic (exact) mass is 319 g/mol. The van der Waals surface area contributed by atoms with Crippen molar-refractivity contribution >= 4 is 5.97 Å². The van der Waals surface area contributed by atoms with Crippen molar-refractivity contribution in [1.82, 2.24) is 14.8 Å². The van der Waals surface area contributed by atoms with Gasteiger partial charge in [-0.1, -0.05) is 6.07 Å². The van der Waals surface area contributed by atoms with Gasteiger partial charge in [-0.2, -0.15) is 0 Å². The van der Waals surface area contributed by atoms with Crippen LogP contribution in [0.15, 0.2) is 18.2 Å². The summed E-state index contributed by atoms with van der Waals surface area (Å²) in [6.45, 7) is 6.70. The van der Waals surface area contributed by atoms with Gasteiger partial charge in [-0.25, -0.2) is 9.78 Å². The molecule has 1 atom stereocenters. The third-order valence-corrected chi connectivity index (χ3v) is 4.51. The highest BCUT2D eigenvalue weighted by Gasteiger charge is 2.23. The number of hydrogen-bond acceptors (Lipinski definition) is 5. The van der Waals surface area contributed by atoms with E-state index in [4.69, 9.17) is 9.84 Å². The summed E-state index contributed by atoms with van der Waals surface area (Å²) in [5.41, 5.74) is 0.925. The van der Waals surface area contributed by atoms with Crippen molar-refractivity contribution in [2.45, 2.75) is 31.9 Å². The summed E-state index contributed by atoms with van der Waals surface area (Å²) in [5, 5.41) is 9.06. The highest BCUT2D eigenvalue weighted by molar-refractivity contribution is 5.85. The Kier molecular flexibility index (Phi) is 5.59. The zero-order valence-corrected chi connectivity index (χ0v) is 13.5. The largest absolute Gasteiger partial charge is 0.477 e. The van der Waals surface area contributed by atoms with Crippen LogP contribution in [0.2, 0.25) is 0 Å². The Morgan fingerprint density at radius 1 is 1.22 bits per heavy atom. The number of pyridine rings is 1. The molecule has 2 fully saturated rings. The molecule has 0 aliphatic carbocycles. The molecule has 6 heteroatoms. The molecule has 6 nitrogen and oxygen atoms in total. The number of nitrogens with zero attached hydrogens (tertiary/aromatic N) is 3. The molecule has 0 amide bonds. The summed E-state index contributed by atoms with van der Waals surface area (Å²) >= 11 is 0. The van der Waals surface area contributed by atoms with E-state index in [1.54, 1.807) is 6.07 Å². The molecule has 0 spiro atoms. The molecule has 23 heavy (non-hydrogen) atoms. The van der Waals surface area contributed by atoms with Crippen molar-refractivity contribution in [1.29, 1.82) is 0 Å². The lowest BCUT2D eigenvalue weighted by atomic mass is 10.2. The van der Waals surface area contributed by atoms with E-state index in [0.717, 1.165) is 38.4 Å². The van der Waals surface area contributed by atoms with Crippen LogP contribution in [0.4, 0.5) is 0 Å². The third-order valence-electron chi connectivity index (χ3n) is 4.51. The zero-order valence-electron chi connectivity index (χ0n) is 13.5. The van der Waals surface area contributed by atoms with Crippen molar-refractivity contribution in [2.24, 2.45) is 0 Å². The number of carbonyl (C=O) groups is 1. The summed E-state index contributed by atoms with van der Waals surface area (Å²) in [5.74, 6) is -0.974. The van der Waals surface area contributed by atoms with Gasteiger partial charge in [-0.05, 0) is 44.5 Å². The van der Waals surface area contributed by atoms with E-state index in [2.05, 4.69) is 14.8 Å². The molecule has 2 aliphatic heterocycles. The number of rotatable bonds is 5. The van der Waals surface area contributed by atoms with Gasteiger partial charge >= 0.3 is 5.97 Å². The zero-order chi connectivity index (χ0) is 16.1. The molecule has 0 aromatic carbocycles. The van der Waals surface area contributed by atoms with Gasteiger partial charge in [0.2, 0.25) is 0 Å². The van der Waals surface area contributed by atoms with Gasteiger partial charge in [0.15, 0.2) is 0 Å². The fourth-order valence-corrected chi connectivity index (χ4v) is 3.39. The summed E-state index contributed by atoms with van der Waals surface area (Å²) in [6, 6.07) is 5.20. The molecule has 1 aromatic heterocycles. The van der Waals surface area contributed by atoms with E-state index in [1.165, 1.54) is 32.0 Å². The lowest BCUT2D eigenvalue weighted by molar-refractivity contribution is 0.0306. The van der Waals surface area contributed by atoms with E-state index < -0.39 is 5.97 Å². The van der Waals surface area contributed by atoms with E-state index in [-0.39, 0.29) is 11.8 Å². The average Bonchev–Trinajstić information content (AvgIpc) is 2.94. The Balaban J connectivity index is 1.59. The van der Waals surface area contributed by atoms with Crippen molar-refractivity contribution in [3.05, 3.63) is 29.6 Å². The minimum atomic E-state index is -0.974. The molecule has 2 aliphatic rings. The van der Waals surface area contributed by atoms with E-state index in [1.807, 2.05) is 6.07 Å². The quantitative estimate of drug-likeness (QED) is 0.886. The number of ether oxygens (including phenoxy) is 1. The van der Waals surface area contributed by atoms with Crippen LogP contribution in [-0.2, 0) is 11.3 Å². The molecular formula is C17H25N3O3. The van der Waals surface area contributed by atoms with E-state index in [0.29, 0.717) is 6.54 Å². The Morgan fingerprint density at radius 3 is 2.78 bits per heavy atom. The second-order valence-corrected chi connectivity index (χ2v) is 6.41. The minimum absolute atomic E-state index is 0.113. The third kappa shape index (κ3) is 4.73. The molecule has 126 valence electrons. The fourth-order valence-electron chi connectivity index (χ4n) is 3.39. The molecule has 0 bridgehead atoms. The summed E-state index contributed by atoms with van der Waals surface area (Å²) in [6.07, 6.45) is 3.83. The van der Waals surface area contributed by atoms with Crippen LogP contribution >= 0.6 is 0 Å². The molecular weight excluding hydrogens is 294 g/mol. The normalized spacial score (nSPS) is 23.7. The Labute approximate surface area is 137 Å². The number of hydrogen-bond donors (Lipinski definition) is 1. The molecule has 2 saturated heterocycles. The summed E-state index contributed by atoms with van der Waals surface area (Å²) < 4.78 is 6.00.